The smallest absolute Gasteiger partial charge is 0.210 e. The number of rotatable bonds is 0. The number of carbonyl (C=O) groups excluding carboxylic acids is 2. The van der Waals surface area contributed by atoms with Gasteiger partial charge in [-0.25, -0.2) is 0 Å². The van der Waals surface area contributed by atoms with Gasteiger partial charge in [0, 0.05) is 17.7 Å². The van der Waals surface area contributed by atoms with Crippen LogP contribution >= 0.6 is 0 Å². The van der Waals surface area contributed by atoms with Gasteiger partial charge in [0.25, 0.3) is 0 Å². The Morgan fingerprint density at radius 1 is 1.00 bits per heavy atom. The molecule has 0 bridgehead atoms. The molecule has 1 atom stereocenters. The molecule has 21 heavy (non-hydrogen) atoms. The fraction of sp³-hybridized carbons (Fsp3) is 0.412. The molecule has 108 valence electrons. The lowest BCUT2D eigenvalue weighted by Crippen LogP contribution is -2.46. The lowest BCUT2D eigenvalue weighted by atomic mass is 9.86. The number of benzene rings is 1. The Morgan fingerprint density at radius 3 is 2.57 bits per heavy atom. The molecule has 0 aromatic heterocycles. The van der Waals surface area contributed by atoms with E-state index in [2.05, 4.69) is 0 Å². The monoisotopic (exact) mass is 283 g/mol. The molecule has 1 aliphatic carbocycles. The van der Waals surface area contributed by atoms with E-state index < -0.39 is 0 Å². The van der Waals surface area contributed by atoms with Crippen LogP contribution in [0.25, 0.3) is 0 Å². The van der Waals surface area contributed by atoms with Crippen molar-refractivity contribution in [3.63, 3.8) is 0 Å². The summed E-state index contributed by atoms with van der Waals surface area (Å²) in [6, 6.07) is 7.10. The molecule has 1 saturated heterocycles. The first kappa shape index (κ1) is 12.8. The van der Waals surface area contributed by atoms with Crippen molar-refractivity contribution in [2.75, 3.05) is 13.2 Å². The molecule has 0 spiro atoms. The second-order valence-corrected chi connectivity index (χ2v) is 5.84. The second kappa shape index (κ2) is 4.81. The Morgan fingerprint density at radius 2 is 1.76 bits per heavy atom. The van der Waals surface area contributed by atoms with Crippen molar-refractivity contribution in [1.29, 1.82) is 0 Å². The molecule has 0 radical (unpaired) electrons. The third-order valence-corrected chi connectivity index (χ3v) is 4.60. The highest BCUT2D eigenvalue weighted by atomic mass is 16.5. The first-order valence-electron chi connectivity index (χ1n) is 7.57. The number of carbonyl (C=O) groups is 2. The zero-order chi connectivity index (χ0) is 14.4. The van der Waals surface area contributed by atoms with Gasteiger partial charge in [-0.15, -0.1) is 0 Å². The molecule has 4 heteroatoms. The molecule has 2 heterocycles. The van der Waals surface area contributed by atoms with Crippen LogP contribution in [0.15, 0.2) is 35.5 Å². The first-order valence-corrected chi connectivity index (χ1v) is 7.57. The summed E-state index contributed by atoms with van der Waals surface area (Å²) in [5, 5.41) is 0. The van der Waals surface area contributed by atoms with Crippen LogP contribution in [0.3, 0.4) is 0 Å². The standard InChI is InChI=1S/C17H17NO3/c19-16-11-6-3-4-7-12(11)17(20)15-13(16)10-21-14-8-2-1-5-9-18(14)15/h3-4,6-7,14H,1-2,5,8-10H2. The highest BCUT2D eigenvalue weighted by Gasteiger charge is 2.40. The minimum Gasteiger partial charge on any atom is -0.353 e. The third kappa shape index (κ3) is 1.86. The van der Waals surface area contributed by atoms with E-state index >= 15 is 0 Å². The lowest BCUT2D eigenvalue weighted by molar-refractivity contribution is -0.0482. The number of hydrogen-bond donors (Lipinski definition) is 0. The van der Waals surface area contributed by atoms with Crippen LogP contribution in [0.1, 0.15) is 46.4 Å². The van der Waals surface area contributed by atoms with Crippen molar-refractivity contribution in [1.82, 2.24) is 4.90 Å². The second-order valence-electron chi connectivity index (χ2n) is 5.84. The van der Waals surface area contributed by atoms with E-state index in [0.717, 1.165) is 32.2 Å². The minimum atomic E-state index is -0.0529. The van der Waals surface area contributed by atoms with Gasteiger partial charge in [0.15, 0.2) is 5.78 Å². The molecule has 2 aliphatic heterocycles. The maximum atomic E-state index is 12.9. The average molecular weight is 283 g/mol. The van der Waals surface area contributed by atoms with Gasteiger partial charge in [0.05, 0.1) is 17.9 Å². The predicted octanol–water partition coefficient (Wildman–Crippen LogP) is 2.55. The minimum absolute atomic E-state index is 0.0181. The van der Waals surface area contributed by atoms with E-state index in [1.165, 1.54) is 0 Å². The molecular weight excluding hydrogens is 266 g/mol. The summed E-state index contributed by atoms with van der Waals surface area (Å²) < 4.78 is 5.86. The fourth-order valence-electron chi connectivity index (χ4n) is 3.54. The van der Waals surface area contributed by atoms with Gasteiger partial charge in [-0.1, -0.05) is 30.7 Å². The van der Waals surface area contributed by atoms with Crippen LogP contribution < -0.4 is 0 Å². The van der Waals surface area contributed by atoms with Crippen molar-refractivity contribution in [3.8, 4) is 0 Å². The quantitative estimate of drug-likeness (QED) is 0.734. The Labute approximate surface area is 123 Å². The van der Waals surface area contributed by atoms with E-state index in [1.807, 2.05) is 11.0 Å². The van der Waals surface area contributed by atoms with Crippen LogP contribution in [0.5, 0.6) is 0 Å². The highest BCUT2D eigenvalue weighted by Crippen LogP contribution is 2.35. The molecule has 4 rings (SSSR count). The van der Waals surface area contributed by atoms with Gasteiger partial charge in [0.1, 0.15) is 6.23 Å². The van der Waals surface area contributed by atoms with Gasteiger partial charge < -0.3 is 9.64 Å². The number of allylic oxidation sites excluding steroid dienone is 1. The third-order valence-electron chi connectivity index (χ3n) is 4.60. The number of ketones is 2. The number of hydrogen-bond acceptors (Lipinski definition) is 4. The van der Waals surface area contributed by atoms with Crippen LogP contribution in [-0.2, 0) is 4.74 Å². The van der Waals surface area contributed by atoms with E-state index in [4.69, 9.17) is 4.74 Å². The van der Waals surface area contributed by atoms with Gasteiger partial charge in [-0.3, -0.25) is 9.59 Å². The summed E-state index contributed by atoms with van der Waals surface area (Å²) in [5.74, 6) is -0.0710. The zero-order valence-corrected chi connectivity index (χ0v) is 11.8. The largest absolute Gasteiger partial charge is 0.353 e. The van der Waals surface area contributed by atoms with Crippen molar-refractivity contribution in [2.45, 2.75) is 31.9 Å². The van der Waals surface area contributed by atoms with Crippen LogP contribution in [-0.4, -0.2) is 35.8 Å². The van der Waals surface area contributed by atoms with Crippen molar-refractivity contribution >= 4 is 11.6 Å². The number of nitrogens with zero attached hydrogens (tertiary/aromatic N) is 1. The summed E-state index contributed by atoms with van der Waals surface area (Å²) in [7, 11) is 0. The highest BCUT2D eigenvalue weighted by molar-refractivity contribution is 6.26. The molecule has 3 aliphatic rings. The lowest BCUT2D eigenvalue weighted by Gasteiger charge is -2.40. The van der Waals surface area contributed by atoms with Gasteiger partial charge in [0.2, 0.25) is 5.78 Å². The molecular formula is C17H17NO3. The average Bonchev–Trinajstić information content (AvgIpc) is 2.77. The van der Waals surface area contributed by atoms with Crippen molar-refractivity contribution in [3.05, 3.63) is 46.7 Å². The summed E-state index contributed by atoms with van der Waals surface area (Å²) in [6.07, 6.45) is 4.19. The summed E-state index contributed by atoms with van der Waals surface area (Å²) >= 11 is 0. The van der Waals surface area contributed by atoms with E-state index in [9.17, 15) is 9.59 Å². The molecule has 0 amide bonds. The number of Topliss-reactive ketones (excluding diaryl/α,β-unsaturated/α-hetero) is 2. The van der Waals surface area contributed by atoms with E-state index in [1.54, 1.807) is 18.2 Å². The van der Waals surface area contributed by atoms with Crippen molar-refractivity contribution < 1.29 is 14.3 Å². The first-order chi connectivity index (χ1) is 10.3. The molecule has 1 unspecified atom stereocenters. The van der Waals surface area contributed by atoms with Crippen LogP contribution in [0, 0.1) is 0 Å². The topological polar surface area (TPSA) is 46.6 Å². The maximum Gasteiger partial charge on any atom is 0.210 e. The van der Waals surface area contributed by atoms with Gasteiger partial charge >= 0.3 is 0 Å². The number of ether oxygens (including phenoxy) is 1. The van der Waals surface area contributed by atoms with E-state index in [-0.39, 0.29) is 24.4 Å². The SMILES string of the molecule is O=C1C2=C(C(=O)c3ccccc31)N1CCCCCC1OC2. The fourth-order valence-corrected chi connectivity index (χ4v) is 3.54. The molecule has 0 N–H and O–H groups in total. The molecule has 0 saturated carbocycles. The Kier molecular flexibility index (Phi) is 2.93. The van der Waals surface area contributed by atoms with Crippen molar-refractivity contribution in [2.24, 2.45) is 0 Å². The van der Waals surface area contributed by atoms with Crippen LogP contribution in [0.2, 0.25) is 0 Å². The number of fused-ring (bicyclic) bond motifs is 3. The normalized spacial score (nSPS) is 25.1. The molecule has 1 aromatic rings. The Hall–Kier alpha value is -1.94. The molecule has 1 aromatic carbocycles. The summed E-state index contributed by atoms with van der Waals surface area (Å²) in [4.78, 5) is 27.5. The predicted molar refractivity (Wildman–Crippen MR) is 77.0 cm³/mol. The maximum absolute atomic E-state index is 12.9. The van der Waals surface area contributed by atoms with Crippen LogP contribution in [0.4, 0.5) is 0 Å². The van der Waals surface area contributed by atoms with E-state index in [0.29, 0.717) is 22.4 Å². The Balaban J connectivity index is 1.84. The Bertz CT molecular complexity index is 662. The summed E-state index contributed by atoms with van der Waals surface area (Å²) in [6.45, 7) is 1.06. The van der Waals surface area contributed by atoms with Gasteiger partial charge in [-0.2, -0.15) is 0 Å². The molecule has 1 fully saturated rings. The molecule has 4 nitrogen and oxygen atoms in total. The summed E-state index contributed by atoms with van der Waals surface area (Å²) in [5.41, 5.74) is 2.18. The van der Waals surface area contributed by atoms with Gasteiger partial charge in [-0.05, 0) is 19.3 Å². The zero-order valence-electron chi connectivity index (χ0n) is 11.8.